The first-order chi connectivity index (χ1) is 9.54. The predicted molar refractivity (Wildman–Crippen MR) is 72.7 cm³/mol. The van der Waals surface area contributed by atoms with Crippen LogP contribution in [0.25, 0.3) is 0 Å². The number of benzene rings is 1. The molecule has 2 N–H and O–H groups in total. The number of nitro benzene ring substituents is 1. The minimum atomic E-state index is -0.677. The number of phenols is 1. The zero-order chi connectivity index (χ0) is 14.7. The summed E-state index contributed by atoms with van der Waals surface area (Å²) >= 11 is 0. The highest BCUT2D eigenvalue weighted by molar-refractivity contribution is 5.95. The molecule has 1 fully saturated rings. The van der Waals surface area contributed by atoms with Crippen LogP contribution in [-0.4, -0.2) is 47.0 Å². The lowest BCUT2D eigenvalue weighted by atomic mass is 10.1. The number of hydrogen-bond acceptors (Lipinski definition) is 5. The molecule has 1 aromatic rings. The molecule has 7 nitrogen and oxygen atoms in total. The zero-order valence-electron chi connectivity index (χ0n) is 11.2. The summed E-state index contributed by atoms with van der Waals surface area (Å²) in [5.41, 5.74) is -0.120. The summed E-state index contributed by atoms with van der Waals surface area (Å²) < 4.78 is 0. The van der Waals surface area contributed by atoms with E-state index in [-0.39, 0.29) is 17.5 Å². The van der Waals surface area contributed by atoms with Gasteiger partial charge >= 0.3 is 5.69 Å². The lowest BCUT2D eigenvalue weighted by molar-refractivity contribution is -0.385. The van der Waals surface area contributed by atoms with Crippen LogP contribution in [-0.2, 0) is 0 Å². The number of rotatable bonds is 4. The molecule has 0 radical (unpaired) electrons. The molecule has 20 heavy (non-hydrogen) atoms. The van der Waals surface area contributed by atoms with E-state index >= 15 is 0 Å². The Labute approximate surface area is 116 Å². The van der Waals surface area contributed by atoms with E-state index < -0.39 is 16.4 Å². The van der Waals surface area contributed by atoms with Crippen molar-refractivity contribution in [3.8, 4) is 5.75 Å². The molecular weight excluding hydrogens is 262 g/mol. The van der Waals surface area contributed by atoms with Crippen molar-refractivity contribution in [3.63, 3.8) is 0 Å². The molecule has 0 saturated carbocycles. The molecule has 0 aliphatic carbocycles. The Morgan fingerprint density at radius 3 is 2.95 bits per heavy atom. The second kappa shape index (κ2) is 5.87. The Balaban J connectivity index is 2.21. The van der Waals surface area contributed by atoms with Crippen molar-refractivity contribution in [2.45, 2.75) is 18.9 Å². The van der Waals surface area contributed by atoms with Crippen molar-refractivity contribution in [1.29, 1.82) is 0 Å². The quantitative estimate of drug-likeness (QED) is 0.636. The number of phenolic OH excluding ortho intramolecular Hbond substituents is 1. The van der Waals surface area contributed by atoms with E-state index in [4.69, 9.17) is 0 Å². The molecule has 0 spiro atoms. The van der Waals surface area contributed by atoms with Crippen LogP contribution in [0.1, 0.15) is 23.2 Å². The average Bonchev–Trinajstić information content (AvgIpc) is 2.86. The Kier molecular flexibility index (Phi) is 4.19. The molecule has 0 aromatic heterocycles. The second-order valence-electron chi connectivity index (χ2n) is 4.81. The summed E-state index contributed by atoms with van der Waals surface area (Å²) in [4.78, 5) is 24.1. The number of nitro groups is 1. The van der Waals surface area contributed by atoms with Gasteiger partial charge in [0.2, 0.25) is 0 Å². The highest BCUT2D eigenvalue weighted by atomic mass is 16.6. The van der Waals surface area contributed by atoms with Crippen molar-refractivity contribution in [2.75, 3.05) is 20.1 Å². The van der Waals surface area contributed by atoms with E-state index in [0.29, 0.717) is 13.1 Å². The summed E-state index contributed by atoms with van der Waals surface area (Å²) in [5, 5.41) is 23.3. The van der Waals surface area contributed by atoms with Crippen molar-refractivity contribution in [1.82, 2.24) is 10.2 Å². The maximum atomic E-state index is 12.4. The number of likely N-dealkylation sites (N-methyl/N-ethyl adjacent to an activating group) is 1. The van der Waals surface area contributed by atoms with Crippen LogP contribution in [0.3, 0.4) is 0 Å². The Morgan fingerprint density at radius 1 is 1.60 bits per heavy atom. The van der Waals surface area contributed by atoms with Gasteiger partial charge in [-0.15, -0.1) is 0 Å². The van der Waals surface area contributed by atoms with Gasteiger partial charge in [-0.05, 0) is 32.0 Å². The summed E-state index contributed by atoms with van der Waals surface area (Å²) in [5.74, 6) is -0.682. The van der Waals surface area contributed by atoms with Crippen LogP contribution in [0, 0.1) is 10.1 Å². The first-order valence-corrected chi connectivity index (χ1v) is 6.47. The van der Waals surface area contributed by atoms with E-state index in [1.54, 1.807) is 4.90 Å². The third kappa shape index (κ3) is 2.72. The lowest BCUT2D eigenvalue weighted by Gasteiger charge is -2.24. The Hall–Kier alpha value is -2.15. The first kappa shape index (κ1) is 14.3. The fourth-order valence-electron chi connectivity index (χ4n) is 2.53. The van der Waals surface area contributed by atoms with Crippen LogP contribution in [0.4, 0.5) is 5.69 Å². The Bertz CT molecular complexity index is 532. The number of likely N-dealkylation sites (tertiary alicyclic amines) is 1. The van der Waals surface area contributed by atoms with Gasteiger partial charge in [0.05, 0.1) is 4.92 Å². The number of nitrogens with zero attached hydrogens (tertiary/aromatic N) is 2. The van der Waals surface area contributed by atoms with Crippen molar-refractivity contribution in [2.24, 2.45) is 0 Å². The minimum absolute atomic E-state index is 0.129. The van der Waals surface area contributed by atoms with Crippen molar-refractivity contribution < 1.29 is 14.8 Å². The second-order valence-corrected chi connectivity index (χ2v) is 4.81. The summed E-state index contributed by atoms with van der Waals surface area (Å²) in [6.45, 7) is 1.38. The summed E-state index contributed by atoms with van der Waals surface area (Å²) in [6, 6.07) is 3.83. The van der Waals surface area contributed by atoms with E-state index in [0.717, 1.165) is 25.0 Å². The fourth-order valence-corrected chi connectivity index (χ4v) is 2.53. The van der Waals surface area contributed by atoms with Gasteiger partial charge in [0.1, 0.15) is 0 Å². The average molecular weight is 279 g/mol. The molecule has 108 valence electrons. The molecule has 0 bridgehead atoms. The Morgan fingerprint density at radius 2 is 2.35 bits per heavy atom. The highest BCUT2D eigenvalue weighted by Crippen LogP contribution is 2.28. The molecule has 1 aliphatic rings. The predicted octanol–water partition coefficient (Wildman–Crippen LogP) is 1.12. The van der Waals surface area contributed by atoms with Gasteiger partial charge in [-0.1, -0.05) is 0 Å². The molecule has 2 rings (SSSR count). The van der Waals surface area contributed by atoms with E-state index in [9.17, 15) is 20.0 Å². The normalized spacial score (nSPS) is 18.2. The molecule has 7 heteroatoms. The number of carbonyl (C=O) groups is 1. The van der Waals surface area contributed by atoms with Crippen LogP contribution in [0.15, 0.2) is 18.2 Å². The maximum absolute atomic E-state index is 12.4. The van der Waals surface area contributed by atoms with Crippen LogP contribution >= 0.6 is 0 Å². The number of aromatic hydroxyl groups is 1. The van der Waals surface area contributed by atoms with Gasteiger partial charge in [0, 0.05) is 30.8 Å². The molecule has 1 atom stereocenters. The van der Waals surface area contributed by atoms with Gasteiger partial charge in [0.15, 0.2) is 5.75 Å². The summed E-state index contributed by atoms with van der Waals surface area (Å²) in [6.07, 6.45) is 1.88. The van der Waals surface area contributed by atoms with Gasteiger partial charge in [-0.3, -0.25) is 14.9 Å². The standard InChI is InChI=1S/C13H17N3O4/c1-14-8-10-3-2-6-15(10)13(18)9-4-5-11(16(19)20)12(17)7-9/h4-5,7,10,14,17H,2-3,6,8H2,1H3. The molecular formula is C13H17N3O4. The van der Waals surface area contributed by atoms with E-state index in [1.807, 2.05) is 7.05 Å². The third-order valence-electron chi connectivity index (χ3n) is 3.50. The van der Waals surface area contributed by atoms with Gasteiger partial charge < -0.3 is 15.3 Å². The topological polar surface area (TPSA) is 95.7 Å². The highest BCUT2D eigenvalue weighted by Gasteiger charge is 2.29. The molecule has 1 saturated heterocycles. The van der Waals surface area contributed by atoms with Crippen molar-refractivity contribution >= 4 is 11.6 Å². The first-order valence-electron chi connectivity index (χ1n) is 6.47. The number of nitrogens with one attached hydrogen (secondary N) is 1. The van der Waals surface area contributed by atoms with Gasteiger partial charge in [-0.2, -0.15) is 0 Å². The number of carbonyl (C=O) groups excluding carboxylic acids is 1. The van der Waals surface area contributed by atoms with E-state index in [1.165, 1.54) is 6.07 Å². The monoisotopic (exact) mass is 279 g/mol. The fraction of sp³-hybridized carbons (Fsp3) is 0.462. The third-order valence-corrected chi connectivity index (χ3v) is 3.50. The molecule has 1 aromatic carbocycles. The smallest absolute Gasteiger partial charge is 0.310 e. The molecule has 1 heterocycles. The molecule has 1 unspecified atom stereocenters. The lowest BCUT2D eigenvalue weighted by Crippen LogP contribution is -2.40. The molecule has 1 amide bonds. The van der Waals surface area contributed by atoms with Crippen molar-refractivity contribution in [3.05, 3.63) is 33.9 Å². The van der Waals surface area contributed by atoms with Gasteiger partial charge in [-0.25, -0.2) is 0 Å². The summed E-state index contributed by atoms with van der Waals surface area (Å²) in [7, 11) is 1.83. The number of hydrogen-bond donors (Lipinski definition) is 2. The van der Waals surface area contributed by atoms with Crippen LogP contribution < -0.4 is 5.32 Å². The number of amides is 1. The largest absolute Gasteiger partial charge is 0.502 e. The molecule has 1 aliphatic heterocycles. The van der Waals surface area contributed by atoms with E-state index in [2.05, 4.69) is 5.32 Å². The SMILES string of the molecule is CNCC1CCCN1C(=O)c1ccc([N+](=O)[O-])c(O)c1. The van der Waals surface area contributed by atoms with Crippen LogP contribution in [0.2, 0.25) is 0 Å². The zero-order valence-corrected chi connectivity index (χ0v) is 11.2. The maximum Gasteiger partial charge on any atom is 0.310 e. The van der Waals surface area contributed by atoms with Gasteiger partial charge in [0.25, 0.3) is 5.91 Å². The minimum Gasteiger partial charge on any atom is -0.502 e. The van der Waals surface area contributed by atoms with Crippen LogP contribution in [0.5, 0.6) is 5.75 Å².